The zero-order valence-corrected chi connectivity index (χ0v) is 10.3. The highest BCUT2D eigenvalue weighted by atomic mass is 16.3. The van der Waals surface area contributed by atoms with Crippen LogP contribution in [0.4, 0.5) is 5.69 Å². The molecule has 0 spiro atoms. The predicted octanol–water partition coefficient (Wildman–Crippen LogP) is 1.09. The molecule has 1 aromatic heterocycles. The molecule has 2 unspecified atom stereocenters. The van der Waals surface area contributed by atoms with E-state index in [4.69, 9.17) is 5.73 Å². The second-order valence-electron chi connectivity index (χ2n) is 4.75. The maximum absolute atomic E-state index is 12.1. The number of aromatic nitrogens is 1. The summed E-state index contributed by atoms with van der Waals surface area (Å²) in [5, 5.41) is 12.8. The van der Waals surface area contributed by atoms with E-state index in [2.05, 4.69) is 10.3 Å². The van der Waals surface area contributed by atoms with Crippen molar-refractivity contribution in [1.29, 1.82) is 0 Å². The van der Waals surface area contributed by atoms with Gasteiger partial charge < -0.3 is 16.2 Å². The van der Waals surface area contributed by atoms with Crippen molar-refractivity contribution in [1.82, 2.24) is 10.3 Å². The third kappa shape index (κ3) is 2.98. The van der Waals surface area contributed by atoms with Crippen molar-refractivity contribution in [2.24, 2.45) is 0 Å². The molecule has 1 aromatic rings. The number of nitrogens with one attached hydrogen (secondary N) is 1. The highest BCUT2D eigenvalue weighted by molar-refractivity contribution is 5.99. The maximum Gasteiger partial charge on any atom is 0.253 e. The van der Waals surface area contributed by atoms with Crippen molar-refractivity contribution in [3.63, 3.8) is 0 Å². The molecule has 98 valence electrons. The molecule has 1 heterocycles. The molecule has 0 saturated heterocycles. The Morgan fingerprint density at radius 1 is 1.39 bits per heavy atom. The molecule has 1 aliphatic rings. The van der Waals surface area contributed by atoms with Crippen molar-refractivity contribution < 1.29 is 9.90 Å². The van der Waals surface area contributed by atoms with Crippen LogP contribution >= 0.6 is 0 Å². The highest BCUT2D eigenvalue weighted by Gasteiger charge is 2.24. The Balaban J connectivity index is 2.04. The van der Waals surface area contributed by atoms with Gasteiger partial charge in [-0.05, 0) is 18.9 Å². The first-order valence-corrected chi connectivity index (χ1v) is 6.37. The molecule has 4 N–H and O–H groups in total. The largest absolute Gasteiger partial charge is 0.397 e. The van der Waals surface area contributed by atoms with E-state index in [9.17, 15) is 9.90 Å². The summed E-state index contributed by atoms with van der Waals surface area (Å²) >= 11 is 0. The molecule has 0 aromatic carbocycles. The van der Waals surface area contributed by atoms with Crippen LogP contribution in [0.1, 0.15) is 42.5 Å². The molecule has 1 saturated carbocycles. The summed E-state index contributed by atoms with van der Waals surface area (Å²) in [7, 11) is 0. The van der Waals surface area contributed by atoms with Gasteiger partial charge in [-0.25, -0.2) is 0 Å². The van der Waals surface area contributed by atoms with E-state index in [1.54, 1.807) is 6.07 Å². The fraction of sp³-hybridized carbons (Fsp3) is 0.538. The molecule has 5 heteroatoms. The van der Waals surface area contributed by atoms with Gasteiger partial charge in [-0.1, -0.05) is 19.3 Å². The van der Waals surface area contributed by atoms with Crippen LogP contribution in [0.2, 0.25) is 0 Å². The number of anilines is 1. The number of nitrogens with zero attached hydrogens (tertiary/aromatic N) is 1. The van der Waals surface area contributed by atoms with E-state index in [1.807, 2.05) is 0 Å². The van der Waals surface area contributed by atoms with Gasteiger partial charge in [0.25, 0.3) is 5.91 Å². The number of aliphatic hydroxyl groups is 1. The summed E-state index contributed by atoms with van der Waals surface area (Å²) < 4.78 is 0. The summed E-state index contributed by atoms with van der Waals surface area (Å²) in [4.78, 5) is 15.9. The van der Waals surface area contributed by atoms with E-state index in [0.29, 0.717) is 11.3 Å². The SMILES string of the molecule is Nc1cnccc1C(=O)NC1CCCCCC1O. The molecule has 2 atom stereocenters. The molecular formula is C13H19N3O2. The van der Waals surface area contributed by atoms with Crippen LogP contribution in [0.3, 0.4) is 0 Å². The minimum atomic E-state index is -0.459. The van der Waals surface area contributed by atoms with Crippen LogP contribution < -0.4 is 11.1 Å². The summed E-state index contributed by atoms with van der Waals surface area (Å²) in [6.45, 7) is 0. The molecule has 1 amide bonds. The van der Waals surface area contributed by atoms with Gasteiger partial charge in [-0.15, -0.1) is 0 Å². The zero-order chi connectivity index (χ0) is 13.0. The van der Waals surface area contributed by atoms with Crippen molar-refractivity contribution in [3.8, 4) is 0 Å². The van der Waals surface area contributed by atoms with E-state index < -0.39 is 6.10 Å². The molecule has 0 aliphatic heterocycles. The lowest BCUT2D eigenvalue weighted by Gasteiger charge is -2.22. The van der Waals surface area contributed by atoms with E-state index >= 15 is 0 Å². The first-order valence-electron chi connectivity index (χ1n) is 6.37. The number of carbonyl (C=O) groups excluding carboxylic acids is 1. The highest BCUT2D eigenvalue weighted by Crippen LogP contribution is 2.19. The quantitative estimate of drug-likeness (QED) is 0.684. The molecule has 2 rings (SSSR count). The second kappa shape index (κ2) is 5.82. The van der Waals surface area contributed by atoms with Crippen LogP contribution in [0.5, 0.6) is 0 Å². The summed E-state index contributed by atoms with van der Waals surface area (Å²) in [6, 6.07) is 1.42. The third-order valence-corrected chi connectivity index (χ3v) is 3.39. The van der Waals surface area contributed by atoms with Crippen molar-refractivity contribution in [3.05, 3.63) is 24.0 Å². The normalized spacial score (nSPS) is 24.3. The van der Waals surface area contributed by atoms with E-state index in [1.165, 1.54) is 12.4 Å². The molecule has 1 fully saturated rings. The van der Waals surface area contributed by atoms with Crippen LogP contribution in [0.15, 0.2) is 18.5 Å². The fourth-order valence-electron chi connectivity index (χ4n) is 2.32. The number of hydrogen-bond donors (Lipinski definition) is 3. The smallest absolute Gasteiger partial charge is 0.253 e. The first kappa shape index (κ1) is 12.8. The van der Waals surface area contributed by atoms with Crippen molar-refractivity contribution in [2.45, 2.75) is 44.2 Å². The Morgan fingerprint density at radius 2 is 2.17 bits per heavy atom. The van der Waals surface area contributed by atoms with Gasteiger partial charge in [-0.2, -0.15) is 0 Å². The molecule has 0 bridgehead atoms. The fourth-order valence-corrected chi connectivity index (χ4v) is 2.32. The van der Waals surface area contributed by atoms with E-state index in [-0.39, 0.29) is 11.9 Å². The molecular weight excluding hydrogens is 230 g/mol. The molecule has 18 heavy (non-hydrogen) atoms. The molecule has 5 nitrogen and oxygen atoms in total. The van der Waals surface area contributed by atoms with Gasteiger partial charge >= 0.3 is 0 Å². The summed E-state index contributed by atoms with van der Waals surface area (Å²) in [5.74, 6) is -0.235. The van der Waals surface area contributed by atoms with Crippen LogP contribution in [0.25, 0.3) is 0 Å². The number of nitrogen functional groups attached to an aromatic ring is 1. The average Bonchev–Trinajstić information content (AvgIpc) is 2.55. The second-order valence-corrected chi connectivity index (χ2v) is 4.75. The van der Waals surface area contributed by atoms with Gasteiger partial charge in [0.1, 0.15) is 0 Å². The number of pyridine rings is 1. The minimum absolute atomic E-state index is 0.174. The lowest BCUT2D eigenvalue weighted by atomic mass is 10.1. The Bertz CT molecular complexity index is 422. The van der Waals surface area contributed by atoms with Gasteiger partial charge in [0, 0.05) is 6.20 Å². The van der Waals surface area contributed by atoms with E-state index in [0.717, 1.165) is 32.1 Å². The maximum atomic E-state index is 12.1. The predicted molar refractivity (Wildman–Crippen MR) is 69.0 cm³/mol. The number of nitrogens with two attached hydrogens (primary N) is 1. The minimum Gasteiger partial charge on any atom is -0.397 e. The zero-order valence-electron chi connectivity index (χ0n) is 10.3. The van der Waals surface area contributed by atoms with Gasteiger partial charge in [0.15, 0.2) is 0 Å². The third-order valence-electron chi connectivity index (χ3n) is 3.39. The number of aliphatic hydroxyl groups excluding tert-OH is 1. The first-order chi connectivity index (χ1) is 8.68. The topological polar surface area (TPSA) is 88.2 Å². The lowest BCUT2D eigenvalue weighted by Crippen LogP contribution is -2.42. The lowest BCUT2D eigenvalue weighted by molar-refractivity contribution is 0.0819. The number of hydrogen-bond acceptors (Lipinski definition) is 4. The molecule has 0 radical (unpaired) electrons. The van der Waals surface area contributed by atoms with Crippen LogP contribution in [-0.4, -0.2) is 28.1 Å². The number of rotatable bonds is 2. The average molecular weight is 249 g/mol. The Hall–Kier alpha value is -1.62. The number of amides is 1. The van der Waals surface area contributed by atoms with Gasteiger partial charge in [0.05, 0.1) is 29.6 Å². The summed E-state index contributed by atoms with van der Waals surface area (Å²) in [5.41, 5.74) is 6.48. The number of carbonyl (C=O) groups is 1. The Kier molecular flexibility index (Phi) is 4.15. The monoisotopic (exact) mass is 249 g/mol. The van der Waals surface area contributed by atoms with Crippen LogP contribution in [-0.2, 0) is 0 Å². The standard InChI is InChI=1S/C13H19N3O2/c14-10-8-15-7-6-9(10)13(18)16-11-4-2-1-3-5-12(11)17/h6-8,11-12,17H,1-5,14H2,(H,16,18). The van der Waals surface area contributed by atoms with Gasteiger partial charge in [-0.3, -0.25) is 9.78 Å². The van der Waals surface area contributed by atoms with Crippen molar-refractivity contribution in [2.75, 3.05) is 5.73 Å². The Labute approximate surface area is 106 Å². The van der Waals surface area contributed by atoms with Gasteiger partial charge in [0.2, 0.25) is 0 Å². The van der Waals surface area contributed by atoms with Crippen molar-refractivity contribution >= 4 is 11.6 Å². The molecule has 1 aliphatic carbocycles. The Morgan fingerprint density at radius 3 is 2.94 bits per heavy atom. The van der Waals surface area contributed by atoms with Crippen LogP contribution in [0, 0.1) is 0 Å². The summed E-state index contributed by atoms with van der Waals surface area (Å²) in [6.07, 6.45) is 7.26.